The number of ether oxygens (including phenoxy) is 1. The molecule has 2 saturated carbocycles. The van der Waals surface area contributed by atoms with Gasteiger partial charge in [0, 0.05) is 30.6 Å². The van der Waals surface area contributed by atoms with Crippen LogP contribution in [0.2, 0.25) is 0 Å². The monoisotopic (exact) mass is 734 g/mol. The first-order chi connectivity index (χ1) is 23.1. The van der Waals surface area contributed by atoms with Crippen LogP contribution in [-0.4, -0.2) is 102 Å². The second-order valence-corrected chi connectivity index (χ2v) is 10.8. The fourth-order valence-electron chi connectivity index (χ4n) is 3.98. The lowest BCUT2D eigenvalue weighted by Gasteiger charge is -2.27. The highest BCUT2D eigenvalue weighted by atomic mass is 19.4. The number of carbonyl (C=O) groups is 4. The zero-order chi connectivity index (χ0) is 37.9. The molecule has 50 heavy (non-hydrogen) atoms. The molecule has 2 heterocycles. The van der Waals surface area contributed by atoms with Crippen molar-refractivity contribution in [3.8, 4) is 0 Å². The summed E-state index contributed by atoms with van der Waals surface area (Å²) in [5.41, 5.74) is 2.67. The van der Waals surface area contributed by atoms with Crippen LogP contribution in [0.3, 0.4) is 0 Å². The van der Waals surface area contributed by atoms with E-state index in [2.05, 4.69) is 26.6 Å². The number of aromatic nitrogens is 1. The molecule has 1 aromatic carbocycles. The number of halogens is 9. The molecule has 2 unspecified atom stereocenters. The van der Waals surface area contributed by atoms with E-state index in [1.165, 1.54) is 24.8 Å². The predicted molar refractivity (Wildman–Crippen MR) is 155 cm³/mol. The molecule has 2 aromatic rings. The topological polar surface area (TPSA) is 178 Å². The van der Waals surface area contributed by atoms with E-state index in [-0.39, 0.29) is 5.91 Å². The van der Waals surface area contributed by atoms with E-state index < -0.39 is 36.4 Å². The van der Waals surface area contributed by atoms with Gasteiger partial charge in [-0.25, -0.2) is 19.4 Å². The quantitative estimate of drug-likeness (QED) is 0.244. The second kappa shape index (κ2) is 17.8. The second-order valence-electron chi connectivity index (χ2n) is 10.8. The number of rotatable bonds is 7. The number of hydrogen-bond donors (Lipinski definition) is 5. The molecular weight excluding hydrogens is 703 g/mol. The number of hydrogen-bond acceptors (Lipinski definition) is 8. The van der Waals surface area contributed by atoms with Crippen molar-refractivity contribution in [3.63, 3.8) is 0 Å². The normalized spacial score (nSPS) is 18.5. The van der Waals surface area contributed by atoms with E-state index in [9.17, 15) is 44.3 Å². The minimum atomic E-state index is -5.08. The smallest absolute Gasteiger partial charge is 0.475 e. The van der Waals surface area contributed by atoms with Crippen molar-refractivity contribution in [2.24, 2.45) is 5.92 Å². The van der Waals surface area contributed by atoms with Crippen LogP contribution in [0.1, 0.15) is 41.1 Å². The molecule has 278 valence electrons. The maximum absolute atomic E-state index is 12.7. The summed E-state index contributed by atoms with van der Waals surface area (Å²) in [5, 5.41) is 28.0. The molecule has 1 saturated heterocycles. The number of benzene rings is 1. The highest BCUT2D eigenvalue weighted by Gasteiger charge is 2.40. The molecule has 1 aliphatic heterocycles. The van der Waals surface area contributed by atoms with Gasteiger partial charge in [0.15, 0.2) is 0 Å². The summed E-state index contributed by atoms with van der Waals surface area (Å²) >= 11 is 0. The minimum Gasteiger partial charge on any atom is -0.475 e. The van der Waals surface area contributed by atoms with Crippen LogP contribution in [-0.2, 0) is 19.1 Å². The maximum Gasteiger partial charge on any atom is 0.490 e. The molecule has 3 aliphatic rings. The molecule has 1 amide bonds. The third kappa shape index (κ3) is 15.3. The number of nitrogens with zero attached hydrogens (tertiary/aromatic N) is 2. The zero-order valence-corrected chi connectivity index (χ0v) is 25.6. The Hall–Kier alpha value is -4.66. The number of carboxylic acid groups (broad SMARTS) is 3. The molecule has 21 heteroatoms. The minimum absolute atomic E-state index is 0.0871. The zero-order valence-electron chi connectivity index (χ0n) is 25.6. The molecule has 2 atom stereocenters. The van der Waals surface area contributed by atoms with Gasteiger partial charge in [0.25, 0.3) is 5.91 Å². The van der Waals surface area contributed by atoms with E-state index in [1.54, 1.807) is 6.20 Å². The number of nitrogens with one attached hydrogen (secondary N) is 2. The van der Waals surface area contributed by atoms with Crippen LogP contribution in [0.4, 0.5) is 51.0 Å². The highest BCUT2D eigenvalue weighted by Crippen LogP contribution is 2.42. The van der Waals surface area contributed by atoms with E-state index >= 15 is 0 Å². The summed E-state index contributed by atoms with van der Waals surface area (Å²) in [6, 6.07) is 12.5. The van der Waals surface area contributed by atoms with Crippen LogP contribution in [0, 0.1) is 5.92 Å². The molecule has 0 radical (unpaired) electrons. The van der Waals surface area contributed by atoms with Crippen LogP contribution >= 0.6 is 0 Å². The molecule has 0 spiro atoms. The predicted octanol–water partition coefficient (Wildman–Crippen LogP) is 4.93. The number of amides is 1. The van der Waals surface area contributed by atoms with Crippen molar-refractivity contribution < 1.29 is 78.7 Å². The first-order valence-corrected chi connectivity index (χ1v) is 14.4. The average molecular weight is 735 g/mol. The Bertz CT molecular complexity index is 1390. The van der Waals surface area contributed by atoms with Gasteiger partial charge in [-0.1, -0.05) is 12.1 Å². The number of pyridine rings is 1. The molecule has 5 rings (SSSR count). The first kappa shape index (κ1) is 41.5. The van der Waals surface area contributed by atoms with Crippen LogP contribution in [0.5, 0.6) is 0 Å². The van der Waals surface area contributed by atoms with Crippen molar-refractivity contribution in [2.75, 3.05) is 43.1 Å². The molecule has 1 aromatic heterocycles. The van der Waals surface area contributed by atoms with E-state index in [4.69, 9.17) is 34.4 Å². The summed E-state index contributed by atoms with van der Waals surface area (Å²) in [4.78, 5) is 46.1. The molecular formula is C29H31F9N4O8. The van der Waals surface area contributed by atoms with E-state index in [0.717, 1.165) is 44.6 Å². The van der Waals surface area contributed by atoms with Crippen molar-refractivity contribution >= 4 is 35.3 Å². The largest absolute Gasteiger partial charge is 0.490 e. The number of carboxylic acids is 3. The van der Waals surface area contributed by atoms with Gasteiger partial charge in [-0.2, -0.15) is 39.5 Å². The van der Waals surface area contributed by atoms with Gasteiger partial charge in [-0.15, -0.1) is 0 Å². The van der Waals surface area contributed by atoms with Crippen LogP contribution in [0.25, 0.3) is 0 Å². The van der Waals surface area contributed by atoms with Gasteiger partial charge in [0.1, 0.15) is 5.82 Å². The lowest BCUT2D eigenvalue weighted by Crippen LogP contribution is -2.36. The Kier molecular flexibility index (Phi) is 14.8. The standard InChI is InChI=1S/C23H28N4O2.3C2HF3O2/c28-23(26-19-6-7-22(25-15-19)27-8-10-29-11-9-27)18-3-1-2-17(12-18)20-13-21(20)24-14-16-4-5-16;3*3-2(4,5)1(6)7/h1-3,6-7,12,15-16,20-21,24H,4-5,8-11,13-14H2,(H,26,28);3*(H,6,7). The molecule has 12 nitrogen and oxygen atoms in total. The average Bonchev–Trinajstić information content (AvgIpc) is 3.96. The van der Waals surface area contributed by atoms with Gasteiger partial charge < -0.3 is 35.6 Å². The molecule has 5 N–H and O–H groups in total. The van der Waals surface area contributed by atoms with Gasteiger partial charge in [0.2, 0.25) is 0 Å². The number of carbonyl (C=O) groups excluding carboxylic acids is 1. The lowest BCUT2D eigenvalue weighted by atomic mass is 10.1. The lowest BCUT2D eigenvalue weighted by molar-refractivity contribution is -0.193. The SMILES string of the molecule is O=C(Nc1ccc(N2CCOCC2)nc1)c1cccc(C2CC2NCC2CC2)c1.O=C(O)C(F)(F)F.O=C(O)C(F)(F)F.O=C(O)C(F)(F)F. The summed E-state index contributed by atoms with van der Waals surface area (Å²) in [6.45, 7) is 4.31. The maximum atomic E-state index is 12.7. The van der Waals surface area contributed by atoms with Crippen LogP contribution < -0.4 is 15.5 Å². The molecule has 2 aliphatic carbocycles. The van der Waals surface area contributed by atoms with Crippen molar-refractivity contribution in [1.82, 2.24) is 10.3 Å². The number of morpholine rings is 1. The summed E-state index contributed by atoms with van der Waals surface area (Å²) in [7, 11) is 0. The first-order valence-electron chi connectivity index (χ1n) is 14.4. The fourth-order valence-corrected chi connectivity index (χ4v) is 3.98. The van der Waals surface area contributed by atoms with Gasteiger partial charge >= 0.3 is 36.4 Å². The van der Waals surface area contributed by atoms with E-state index in [1.807, 2.05) is 30.3 Å². The molecule has 3 fully saturated rings. The Morgan fingerprint density at radius 2 is 1.34 bits per heavy atom. The number of alkyl halides is 9. The third-order valence-corrected chi connectivity index (χ3v) is 6.80. The molecule has 0 bridgehead atoms. The van der Waals surface area contributed by atoms with Crippen LogP contribution in [0.15, 0.2) is 42.6 Å². The van der Waals surface area contributed by atoms with Gasteiger partial charge in [-0.05, 0) is 61.6 Å². The summed E-state index contributed by atoms with van der Waals surface area (Å²) in [6.07, 6.45) is -9.60. The Morgan fingerprint density at radius 3 is 1.78 bits per heavy atom. The van der Waals surface area contributed by atoms with E-state index in [0.29, 0.717) is 23.2 Å². The van der Waals surface area contributed by atoms with Crippen molar-refractivity contribution in [1.29, 1.82) is 0 Å². The summed E-state index contributed by atoms with van der Waals surface area (Å²) < 4.78 is 101. The third-order valence-electron chi connectivity index (χ3n) is 6.80. The Labute approximate surface area is 277 Å². The Balaban J connectivity index is 0.000000338. The summed E-state index contributed by atoms with van der Waals surface area (Å²) in [5.74, 6) is -6.00. The number of anilines is 2. The van der Waals surface area contributed by atoms with Gasteiger partial charge in [-0.3, -0.25) is 4.79 Å². The fraction of sp³-hybridized carbons (Fsp3) is 0.483. The van der Waals surface area contributed by atoms with Gasteiger partial charge in [0.05, 0.1) is 25.1 Å². The number of aliphatic carboxylic acids is 3. The van der Waals surface area contributed by atoms with Crippen molar-refractivity contribution in [2.45, 2.75) is 49.8 Å². The van der Waals surface area contributed by atoms with Crippen molar-refractivity contribution in [3.05, 3.63) is 53.7 Å². The highest BCUT2D eigenvalue weighted by molar-refractivity contribution is 6.04. The Morgan fingerprint density at radius 1 is 0.820 bits per heavy atom.